The van der Waals surface area contributed by atoms with Crippen molar-refractivity contribution in [2.45, 2.75) is 38.0 Å². The average Bonchev–Trinajstić information content (AvgIpc) is 2.38. The van der Waals surface area contributed by atoms with E-state index in [1.165, 1.54) is 19.3 Å². The number of rotatable bonds is 3. The fourth-order valence-electron chi connectivity index (χ4n) is 2.59. The number of nitro groups is 1. The van der Waals surface area contributed by atoms with Crippen LogP contribution in [0.2, 0.25) is 0 Å². The summed E-state index contributed by atoms with van der Waals surface area (Å²) in [5.74, 6) is 0.692. The number of nitrogens with one attached hydrogen (secondary N) is 1. The van der Waals surface area contributed by atoms with Crippen LogP contribution in [-0.2, 0) is 0 Å². The van der Waals surface area contributed by atoms with E-state index in [4.69, 9.17) is 0 Å². The fourth-order valence-corrected chi connectivity index (χ4v) is 2.59. The molecule has 92 valence electrons. The van der Waals surface area contributed by atoms with Crippen LogP contribution in [0.1, 0.15) is 43.6 Å². The Balaban J connectivity index is 2.40. The predicted octanol–water partition coefficient (Wildman–Crippen LogP) is 3.08. The molecule has 1 aromatic heterocycles. The lowest BCUT2D eigenvalue weighted by atomic mass is 9.83. The molecule has 0 atom stereocenters. The van der Waals surface area contributed by atoms with Gasteiger partial charge in [0.1, 0.15) is 0 Å². The van der Waals surface area contributed by atoms with Crippen LogP contribution in [0.4, 0.5) is 11.5 Å². The molecule has 2 rings (SSSR count). The van der Waals surface area contributed by atoms with Gasteiger partial charge in [-0.3, -0.25) is 10.1 Å². The second-order valence-electron chi connectivity index (χ2n) is 4.44. The van der Waals surface area contributed by atoms with Crippen molar-refractivity contribution < 1.29 is 4.92 Å². The van der Waals surface area contributed by atoms with Crippen LogP contribution in [0, 0.1) is 10.1 Å². The Kier molecular flexibility index (Phi) is 3.56. The second-order valence-corrected chi connectivity index (χ2v) is 4.44. The first kappa shape index (κ1) is 11.8. The first-order valence-electron chi connectivity index (χ1n) is 6.05. The van der Waals surface area contributed by atoms with Gasteiger partial charge in [-0.25, -0.2) is 4.98 Å². The number of nitrogens with zero attached hydrogens (tertiary/aromatic N) is 2. The van der Waals surface area contributed by atoms with Crippen molar-refractivity contribution in [3.63, 3.8) is 0 Å². The summed E-state index contributed by atoms with van der Waals surface area (Å²) in [7, 11) is 1.67. The summed E-state index contributed by atoms with van der Waals surface area (Å²) in [6.45, 7) is 0. The molecule has 0 spiro atoms. The molecule has 0 aliphatic heterocycles. The van der Waals surface area contributed by atoms with Crippen molar-refractivity contribution in [3.8, 4) is 0 Å². The lowest BCUT2D eigenvalue weighted by Crippen LogP contribution is -2.09. The van der Waals surface area contributed by atoms with E-state index in [1.54, 1.807) is 19.3 Å². The maximum atomic E-state index is 11.2. The van der Waals surface area contributed by atoms with Crippen molar-refractivity contribution in [1.29, 1.82) is 0 Å². The first-order valence-corrected chi connectivity index (χ1v) is 6.05. The number of hydrogen-bond acceptors (Lipinski definition) is 4. The summed E-state index contributed by atoms with van der Waals surface area (Å²) in [6.07, 6.45) is 7.33. The van der Waals surface area contributed by atoms with Gasteiger partial charge in [0.05, 0.1) is 4.92 Å². The lowest BCUT2D eigenvalue weighted by Gasteiger charge is -2.22. The normalized spacial score (nSPS) is 16.8. The monoisotopic (exact) mass is 235 g/mol. The molecule has 1 heterocycles. The number of aromatic nitrogens is 1. The molecule has 0 radical (unpaired) electrons. The fraction of sp³-hybridized carbons (Fsp3) is 0.583. The van der Waals surface area contributed by atoms with Crippen molar-refractivity contribution in [2.75, 3.05) is 12.4 Å². The SMILES string of the molecule is CNc1nccc(C2CCCCC2)c1[N+](=O)[O-]. The van der Waals surface area contributed by atoms with Gasteiger partial charge in [-0.1, -0.05) is 19.3 Å². The van der Waals surface area contributed by atoms with Gasteiger partial charge in [-0.2, -0.15) is 0 Å². The number of pyridine rings is 1. The lowest BCUT2D eigenvalue weighted by molar-refractivity contribution is -0.385. The Bertz CT molecular complexity index is 414. The van der Waals surface area contributed by atoms with E-state index in [-0.39, 0.29) is 10.6 Å². The van der Waals surface area contributed by atoms with Crippen LogP contribution in [-0.4, -0.2) is 17.0 Å². The van der Waals surface area contributed by atoms with Gasteiger partial charge in [0, 0.05) is 18.8 Å². The minimum Gasteiger partial charge on any atom is -0.367 e. The van der Waals surface area contributed by atoms with E-state index in [0.717, 1.165) is 18.4 Å². The molecule has 0 aromatic carbocycles. The van der Waals surface area contributed by atoms with E-state index in [1.807, 2.05) is 0 Å². The van der Waals surface area contributed by atoms with Crippen LogP contribution in [0.5, 0.6) is 0 Å². The van der Waals surface area contributed by atoms with E-state index in [0.29, 0.717) is 11.7 Å². The number of hydrogen-bond donors (Lipinski definition) is 1. The molecule has 0 bridgehead atoms. The van der Waals surface area contributed by atoms with E-state index < -0.39 is 0 Å². The molecule has 17 heavy (non-hydrogen) atoms. The molecule has 0 amide bonds. The van der Waals surface area contributed by atoms with E-state index in [9.17, 15) is 10.1 Å². The van der Waals surface area contributed by atoms with Gasteiger partial charge in [0.15, 0.2) is 0 Å². The Hall–Kier alpha value is -1.65. The molecule has 5 nitrogen and oxygen atoms in total. The van der Waals surface area contributed by atoms with Crippen LogP contribution in [0.15, 0.2) is 12.3 Å². The third kappa shape index (κ3) is 2.38. The molecule has 1 saturated carbocycles. The van der Waals surface area contributed by atoms with Crippen molar-refractivity contribution in [2.24, 2.45) is 0 Å². The standard InChI is InChI=1S/C12H17N3O2/c1-13-12-11(15(16)17)10(7-8-14-12)9-5-3-2-4-6-9/h7-9H,2-6H2,1H3,(H,13,14). The zero-order valence-electron chi connectivity index (χ0n) is 9.98. The molecule has 0 saturated heterocycles. The molecule has 0 unspecified atom stereocenters. The largest absolute Gasteiger partial charge is 0.367 e. The van der Waals surface area contributed by atoms with Gasteiger partial charge in [0.25, 0.3) is 0 Å². The van der Waals surface area contributed by atoms with Gasteiger partial charge in [0.2, 0.25) is 5.82 Å². The third-order valence-corrected chi connectivity index (χ3v) is 3.42. The van der Waals surface area contributed by atoms with Crippen LogP contribution in [0.25, 0.3) is 0 Å². The highest BCUT2D eigenvalue weighted by Crippen LogP contribution is 2.39. The highest BCUT2D eigenvalue weighted by atomic mass is 16.6. The van der Waals surface area contributed by atoms with Crippen molar-refractivity contribution >= 4 is 11.5 Å². The predicted molar refractivity (Wildman–Crippen MR) is 66.3 cm³/mol. The van der Waals surface area contributed by atoms with Gasteiger partial charge in [-0.05, 0) is 24.8 Å². The summed E-state index contributed by atoms with van der Waals surface area (Å²) >= 11 is 0. The van der Waals surface area contributed by atoms with Crippen molar-refractivity contribution in [1.82, 2.24) is 4.98 Å². The second kappa shape index (κ2) is 5.12. The van der Waals surface area contributed by atoms with Crippen LogP contribution >= 0.6 is 0 Å². The summed E-state index contributed by atoms with van der Waals surface area (Å²) in [5, 5.41) is 14.0. The molecule has 1 aromatic rings. The Morgan fingerprint density at radius 2 is 2.12 bits per heavy atom. The summed E-state index contributed by atoms with van der Waals surface area (Å²) in [4.78, 5) is 14.9. The minimum absolute atomic E-state index is 0.155. The first-order chi connectivity index (χ1) is 8.24. The quantitative estimate of drug-likeness (QED) is 0.645. The zero-order chi connectivity index (χ0) is 12.3. The van der Waals surface area contributed by atoms with Crippen LogP contribution in [0.3, 0.4) is 0 Å². The summed E-state index contributed by atoms with van der Waals surface area (Å²) in [6, 6.07) is 1.80. The molecule has 1 aliphatic carbocycles. The average molecular weight is 235 g/mol. The molecule has 1 N–H and O–H groups in total. The van der Waals surface area contributed by atoms with Crippen molar-refractivity contribution in [3.05, 3.63) is 27.9 Å². The Labute approximate surface area is 100 Å². The topological polar surface area (TPSA) is 68.1 Å². The molecular weight excluding hydrogens is 218 g/mol. The summed E-state index contributed by atoms with van der Waals surface area (Å²) < 4.78 is 0. The summed E-state index contributed by atoms with van der Waals surface area (Å²) in [5.41, 5.74) is 0.996. The van der Waals surface area contributed by atoms with E-state index in [2.05, 4.69) is 10.3 Å². The Morgan fingerprint density at radius 3 is 2.71 bits per heavy atom. The molecular formula is C12H17N3O2. The van der Waals surface area contributed by atoms with Gasteiger partial charge in [-0.15, -0.1) is 0 Å². The maximum absolute atomic E-state index is 11.2. The zero-order valence-corrected chi connectivity index (χ0v) is 9.98. The van der Waals surface area contributed by atoms with Crippen LogP contribution < -0.4 is 5.32 Å². The smallest absolute Gasteiger partial charge is 0.314 e. The minimum atomic E-state index is -0.317. The Morgan fingerprint density at radius 1 is 1.41 bits per heavy atom. The third-order valence-electron chi connectivity index (χ3n) is 3.42. The highest BCUT2D eigenvalue weighted by molar-refractivity contribution is 5.60. The van der Waals surface area contributed by atoms with Gasteiger partial charge >= 0.3 is 5.69 Å². The molecule has 1 aliphatic rings. The molecule has 5 heteroatoms. The maximum Gasteiger partial charge on any atom is 0.314 e. The van der Waals surface area contributed by atoms with Gasteiger partial charge < -0.3 is 5.32 Å². The number of anilines is 1. The molecule has 1 fully saturated rings. The highest BCUT2D eigenvalue weighted by Gasteiger charge is 2.27. The van der Waals surface area contributed by atoms with E-state index >= 15 is 0 Å².